The number of hydrogen-bond donors (Lipinski definition) is 2. The van der Waals surface area contributed by atoms with Gasteiger partial charge in [-0.3, -0.25) is 0 Å². The maximum absolute atomic E-state index is 6.22. The van der Waals surface area contributed by atoms with Crippen LogP contribution >= 0.6 is 0 Å². The lowest BCUT2D eigenvalue weighted by Crippen LogP contribution is -2.30. The van der Waals surface area contributed by atoms with E-state index in [1.807, 2.05) is 18.2 Å². The van der Waals surface area contributed by atoms with Crippen LogP contribution in [-0.2, 0) is 5.41 Å². The molecule has 1 aliphatic heterocycles. The van der Waals surface area contributed by atoms with E-state index >= 15 is 0 Å². The average molecular weight is 338 g/mol. The molecule has 2 aromatic heterocycles. The topological polar surface area (TPSA) is 107 Å². The zero-order chi connectivity index (χ0) is 17.8. The Kier molecular flexibility index (Phi) is 3.35. The maximum Gasteiger partial charge on any atom is 0.292 e. The normalized spacial score (nSPS) is 19.8. The molecule has 1 atom stereocenters. The molecule has 4 rings (SSSR count). The minimum Gasteiger partial charge on any atom is -0.424 e. The lowest BCUT2D eigenvalue weighted by molar-refractivity contribution is 0.385. The Balaban J connectivity index is 1.85. The summed E-state index contributed by atoms with van der Waals surface area (Å²) in [6.45, 7) is 7.48. The van der Waals surface area contributed by atoms with Crippen molar-refractivity contribution in [3.05, 3.63) is 30.2 Å². The first-order valence-electron chi connectivity index (χ1n) is 8.42. The summed E-state index contributed by atoms with van der Waals surface area (Å²) < 4.78 is 5.37. The van der Waals surface area contributed by atoms with Crippen molar-refractivity contribution in [3.63, 3.8) is 0 Å². The SMILES string of the molecule is CC(C)C[C@]1(C)CN(c2ccc3oc(N)nc3c2)c2c(N)ncnc21. The van der Waals surface area contributed by atoms with Gasteiger partial charge in [0.1, 0.15) is 17.5 Å². The molecule has 0 fully saturated rings. The number of oxazole rings is 1. The van der Waals surface area contributed by atoms with Crippen LogP contribution in [0.5, 0.6) is 0 Å². The van der Waals surface area contributed by atoms with Gasteiger partial charge in [-0.05, 0) is 30.5 Å². The molecule has 0 bridgehead atoms. The van der Waals surface area contributed by atoms with Gasteiger partial charge in [-0.15, -0.1) is 0 Å². The molecule has 3 heterocycles. The lowest BCUT2D eigenvalue weighted by atomic mass is 9.80. The number of aromatic nitrogens is 3. The Hall–Kier alpha value is -2.83. The highest BCUT2D eigenvalue weighted by atomic mass is 16.4. The Morgan fingerprint density at radius 2 is 2.08 bits per heavy atom. The molecular weight excluding hydrogens is 316 g/mol. The first-order chi connectivity index (χ1) is 11.9. The number of nitrogen functional groups attached to an aromatic ring is 2. The monoisotopic (exact) mass is 338 g/mol. The molecule has 3 aromatic rings. The molecular formula is C18H22N6O. The summed E-state index contributed by atoms with van der Waals surface area (Å²) in [5, 5.41) is 0. The van der Waals surface area contributed by atoms with Crippen molar-refractivity contribution < 1.29 is 4.42 Å². The second kappa shape index (κ2) is 5.34. The van der Waals surface area contributed by atoms with Crippen LogP contribution in [0.3, 0.4) is 0 Å². The van der Waals surface area contributed by atoms with E-state index in [9.17, 15) is 0 Å². The third kappa shape index (κ3) is 2.47. The van der Waals surface area contributed by atoms with E-state index in [-0.39, 0.29) is 11.4 Å². The molecule has 0 saturated carbocycles. The zero-order valence-electron chi connectivity index (χ0n) is 14.7. The Bertz CT molecular complexity index is 950. The van der Waals surface area contributed by atoms with Crippen LogP contribution in [0.2, 0.25) is 0 Å². The van der Waals surface area contributed by atoms with Gasteiger partial charge in [-0.1, -0.05) is 20.8 Å². The molecule has 7 heteroatoms. The van der Waals surface area contributed by atoms with Gasteiger partial charge in [0, 0.05) is 17.6 Å². The summed E-state index contributed by atoms with van der Waals surface area (Å²) in [6.07, 6.45) is 2.57. The number of rotatable bonds is 3. The quantitative estimate of drug-likeness (QED) is 0.755. The minimum atomic E-state index is -0.0850. The predicted octanol–water partition coefficient (Wildman–Crippen LogP) is 3.24. The number of hydrogen-bond acceptors (Lipinski definition) is 7. The second-order valence-electron chi connectivity index (χ2n) is 7.41. The standard InChI is InChI=1S/C18H22N6O/c1-10(2)7-18(3)8-24(14-15(18)21-9-22-16(14)19)11-4-5-13-12(6-11)23-17(20)25-13/h4-6,9-10H,7-8H2,1-3H3,(H2,20,23)(H2,19,21,22)/t18-/m1/s1. The van der Waals surface area contributed by atoms with E-state index < -0.39 is 0 Å². The van der Waals surface area contributed by atoms with E-state index in [1.54, 1.807) is 6.33 Å². The van der Waals surface area contributed by atoms with Crippen LogP contribution in [-0.4, -0.2) is 21.5 Å². The molecule has 0 unspecified atom stereocenters. The number of nitrogens with two attached hydrogens (primary N) is 2. The maximum atomic E-state index is 6.22. The predicted molar refractivity (Wildman–Crippen MR) is 98.7 cm³/mol. The molecule has 25 heavy (non-hydrogen) atoms. The summed E-state index contributed by atoms with van der Waals surface area (Å²) >= 11 is 0. The highest BCUT2D eigenvalue weighted by molar-refractivity contribution is 5.85. The summed E-state index contributed by atoms with van der Waals surface area (Å²) in [6, 6.07) is 6.00. The fourth-order valence-corrected chi connectivity index (χ4v) is 3.99. The molecule has 0 amide bonds. The zero-order valence-corrected chi connectivity index (χ0v) is 14.7. The van der Waals surface area contributed by atoms with Crippen LogP contribution in [0.4, 0.5) is 23.2 Å². The van der Waals surface area contributed by atoms with Crippen LogP contribution in [0, 0.1) is 5.92 Å². The molecule has 130 valence electrons. The third-order valence-corrected chi connectivity index (χ3v) is 4.76. The third-order valence-electron chi connectivity index (χ3n) is 4.76. The highest BCUT2D eigenvalue weighted by Crippen LogP contribution is 2.48. The van der Waals surface area contributed by atoms with Gasteiger partial charge >= 0.3 is 0 Å². The van der Waals surface area contributed by atoms with Crippen LogP contribution in [0.25, 0.3) is 11.1 Å². The lowest BCUT2D eigenvalue weighted by Gasteiger charge is -2.27. The Labute approximate surface area is 146 Å². The van der Waals surface area contributed by atoms with Gasteiger partial charge in [0.05, 0.1) is 5.69 Å². The van der Waals surface area contributed by atoms with Crippen molar-refractivity contribution >= 4 is 34.3 Å². The minimum absolute atomic E-state index is 0.0850. The molecule has 7 nitrogen and oxygen atoms in total. The van der Waals surface area contributed by atoms with Crippen LogP contribution in [0.15, 0.2) is 28.9 Å². The summed E-state index contributed by atoms with van der Waals surface area (Å²) in [5.41, 5.74) is 16.1. The van der Waals surface area contributed by atoms with Gasteiger partial charge in [0.25, 0.3) is 6.01 Å². The van der Waals surface area contributed by atoms with Gasteiger partial charge in [0.15, 0.2) is 11.4 Å². The van der Waals surface area contributed by atoms with Crippen LogP contribution in [0.1, 0.15) is 32.9 Å². The molecule has 4 N–H and O–H groups in total. The summed E-state index contributed by atoms with van der Waals surface area (Å²) in [5.74, 6) is 1.05. The second-order valence-corrected chi connectivity index (χ2v) is 7.41. The average Bonchev–Trinajstić information content (AvgIpc) is 3.04. The number of benzene rings is 1. The first kappa shape index (κ1) is 15.7. The van der Waals surface area contributed by atoms with E-state index in [4.69, 9.17) is 15.9 Å². The van der Waals surface area contributed by atoms with Gasteiger partial charge < -0.3 is 20.8 Å². The van der Waals surface area contributed by atoms with Crippen molar-refractivity contribution in [3.8, 4) is 0 Å². The van der Waals surface area contributed by atoms with Crippen molar-refractivity contribution in [2.24, 2.45) is 5.92 Å². The highest BCUT2D eigenvalue weighted by Gasteiger charge is 2.42. The number of anilines is 4. The van der Waals surface area contributed by atoms with Crippen molar-refractivity contribution in [2.45, 2.75) is 32.6 Å². The van der Waals surface area contributed by atoms with Gasteiger partial charge in [-0.25, -0.2) is 9.97 Å². The molecule has 1 aliphatic rings. The smallest absolute Gasteiger partial charge is 0.292 e. The molecule has 1 aromatic carbocycles. The van der Waals surface area contributed by atoms with E-state index in [0.29, 0.717) is 17.3 Å². The molecule has 0 saturated heterocycles. The van der Waals surface area contributed by atoms with Gasteiger partial charge in [0.2, 0.25) is 0 Å². The fraction of sp³-hybridized carbons (Fsp3) is 0.389. The number of fused-ring (bicyclic) bond motifs is 2. The molecule has 0 aliphatic carbocycles. The fourth-order valence-electron chi connectivity index (χ4n) is 3.99. The van der Waals surface area contributed by atoms with E-state index in [0.717, 1.165) is 35.6 Å². The Morgan fingerprint density at radius 3 is 2.84 bits per heavy atom. The largest absolute Gasteiger partial charge is 0.424 e. The van der Waals surface area contributed by atoms with Crippen LogP contribution < -0.4 is 16.4 Å². The Morgan fingerprint density at radius 1 is 1.28 bits per heavy atom. The van der Waals surface area contributed by atoms with E-state index in [1.165, 1.54) is 0 Å². The molecule has 0 radical (unpaired) electrons. The first-order valence-corrected chi connectivity index (χ1v) is 8.42. The van der Waals surface area contributed by atoms with Crippen molar-refractivity contribution in [2.75, 3.05) is 22.9 Å². The van der Waals surface area contributed by atoms with Crippen molar-refractivity contribution in [1.29, 1.82) is 0 Å². The van der Waals surface area contributed by atoms with Gasteiger partial charge in [-0.2, -0.15) is 4.98 Å². The van der Waals surface area contributed by atoms with Crippen molar-refractivity contribution in [1.82, 2.24) is 15.0 Å². The summed E-state index contributed by atoms with van der Waals surface area (Å²) in [7, 11) is 0. The molecule has 0 spiro atoms. The summed E-state index contributed by atoms with van der Waals surface area (Å²) in [4.78, 5) is 15.2. The van der Waals surface area contributed by atoms with E-state index in [2.05, 4.69) is 40.6 Å². The number of nitrogens with zero attached hydrogens (tertiary/aromatic N) is 4.